The first kappa shape index (κ1) is 7.25. The smallest absolute Gasteiger partial charge is 0.176 e. The monoisotopic (exact) mass is 114 g/mol. The van der Waals surface area contributed by atoms with Crippen molar-refractivity contribution in [1.29, 1.82) is 5.26 Å². The van der Waals surface area contributed by atoms with E-state index in [2.05, 4.69) is 5.32 Å². The molecule has 0 saturated heterocycles. The van der Waals surface area contributed by atoms with E-state index < -0.39 is 0 Å². The molecule has 0 spiro atoms. The Bertz CT molecular complexity index is 77.0. The molecule has 0 radical (unpaired) electrons. The minimum atomic E-state index is 0.713. The maximum Gasteiger partial charge on any atom is 0.176 e. The van der Waals surface area contributed by atoms with Crippen molar-refractivity contribution in [3.05, 3.63) is 0 Å². The van der Waals surface area contributed by atoms with Crippen LogP contribution < -0.4 is 5.32 Å². The quantitative estimate of drug-likeness (QED) is 0.320. The standard InChI is InChI=1S/C5H10N2O/c1-8-4-2-3-7-5-6/h7H,2-4H2,1H3. The van der Waals surface area contributed by atoms with E-state index in [-0.39, 0.29) is 0 Å². The molecule has 0 saturated carbocycles. The third kappa shape index (κ3) is 5.25. The van der Waals surface area contributed by atoms with Gasteiger partial charge in [0.25, 0.3) is 0 Å². The second-order valence-corrected chi connectivity index (χ2v) is 1.38. The van der Waals surface area contributed by atoms with Gasteiger partial charge < -0.3 is 10.1 Å². The van der Waals surface area contributed by atoms with Crippen molar-refractivity contribution in [2.75, 3.05) is 20.3 Å². The Hall–Kier alpha value is -0.750. The number of nitriles is 1. The summed E-state index contributed by atoms with van der Waals surface area (Å²) in [6, 6.07) is 0. The average molecular weight is 114 g/mol. The molecule has 0 bridgehead atoms. The average Bonchev–Trinajstić information content (AvgIpc) is 1.81. The summed E-state index contributed by atoms with van der Waals surface area (Å²) in [5.74, 6) is 0. The van der Waals surface area contributed by atoms with E-state index in [0.29, 0.717) is 13.2 Å². The van der Waals surface area contributed by atoms with Gasteiger partial charge in [-0.3, -0.25) is 0 Å². The summed E-state index contributed by atoms with van der Waals surface area (Å²) in [6.07, 6.45) is 2.71. The van der Waals surface area contributed by atoms with E-state index in [1.807, 2.05) is 6.19 Å². The van der Waals surface area contributed by atoms with Gasteiger partial charge in [-0.15, -0.1) is 0 Å². The zero-order valence-electron chi connectivity index (χ0n) is 4.98. The second kappa shape index (κ2) is 6.25. The van der Waals surface area contributed by atoms with Gasteiger partial charge >= 0.3 is 0 Å². The van der Waals surface area contributed by atoms with Gasteiger partial charge in [-0.1, -0.05) is 0 Å². The van der Waals surface area contributed by atoms with Crippen molar-refractivity contribution in [2.24, 2.45) is 0 Å². The lowest BCUT2D eigenvalue weighted by Crippen LogP contribution is -2.08. The highest BCUT2D eigenvalue weighted by Crippen LogP contribution is 1.74. The maximum atomic E-state index is 7.96. The van der Waals surface area contributed by atoms with Crippen LogP contribution in [0.3, 0.4) is 0 Å². The highest BCUT2D eigenvalue weighted by molar-refractivity contribution is 4.63. The summed E-state index contributed by atoms with van der Waals surface area (Å²) in [7, 11) is 1.65. The van der Waals surface area contributed by atoms with E-state index in [1.165, 1.54) is 0 Å². The Morgan fingerprint density at radius 1 is 1.75 bits per heavy atom. The molecule has 0 aromatic carbocycles. The zero-order valence-corrected chi connectivity index (χ0v) is 4.98. The predicted octanol–water partition coefficient (Wildman–Crippen LogP) is 0.0936. The molecule has 0 heterocycles. The molecule has 0 unspecified atom stereocenters. The first-order valence-corrected chi connectivity index (χ1v) is 2.52. The summed E-state index contributed by atoms with van der Waals surface area (Å²) in [5, 5.41) is 10.5. The first-order valence-electron chi connectivity index (χ1n) is 2.52. The Labute approximate surface area is 49.3 Å². The van der Waals surface area contributed by atoms with E-state index in [9.17, 15) is 0 Å². The molecule has 3 nitrogen and oxygen atoms in total. The van der Waals surface area contributed by atoms with Crippen LogP contribution in [0.25, 0.3) is 0 Å². The molecule has 0 aliphatic rings. The van der Waals surface area contributed by atoms with Gasteiger partial charge in [-0.25, -0.2) is 0 Å². The van der Waals surface area contributed by atoms with Crippen LogP contribution in [0.1, 0.15) is 6.42 Å². The zero-order chi connectivity index (χ0) is 6.24. The fraction of sp³-hybridized carbons (Fsp3) is 0.800. The van der Waals surface area contributed by atoms with Gasteiger partial charge in [-0.05, 0) is 6.42 Å². The lowest BCUT2D eigenvalue weighted by Gasteiger charge is -1.94. The number of rotatable bonds is 4. The first-order chi connectivity index (χ1) is 3.91. The Kier molecular flexibility index (Phi) is 5.66. The molecule has 0 rings (SSSR count). The molecule has 3 heteroatoms. The van der Waals surface area contributed by atoms with Gasteiger partial charge in [0.2, 0.25) is 0 Å². The van der Waals surface area contributed by atoms with Crippen molar-refractivity contribution in [1.82, 2.24) is 5.32 Å². The van der Waals surface area contributed by atoms with Crippen molar-refractivity contribution in [2.45, 2.75) is 6.42 Å². The minimum Gasteiger partial charge on any atom is -0.385 e. The van der Waals surface area contributed by atoms with Crippen LogP contribution in [0.5, 0.6) is 0 Å². The molecular weight excluding hydrogens is 104 g/mol. The predicted molar refractivity (Wildman–Crippen MR) is 30.1 cm³/mol. The third-order valence-electron chi connectivity index (χ3n) is 0.729. The number of ether oxygens (including phenoxy) is 1. The number of nitrogens with zero attached hydrogens (tertiary/aromatic N) is 1. The van der Waals surface area contributed by atoms with Crippen molar-refractivity contribution >= 4 is 0 Å². The van der Waals surface area contributed by atoms with E-state index in [4.69, 9.17) is 10.00 Å². The summed E-state index contributed by atoms with van der Waals surface area (Å²) < 4.78 is 4.74. The molecule has 0 atom stereocenters. The molecule has 8 heavy (non-hydrogen) atoms. The molecule has 0 aromatic rings. The number of hydrogen-bond acceptors (Lipinski definition) is 3. The topological polar surface area (TPSA) is 45.0 Å². The summed E-state index contributed by atoms with van der Waals surface area (Å²) in [6.45, 7) is 1.43. The third-order valence-corrected chi connectivity index (χ3v) is 0.729. The van der Waals surface area contributed by atoms with Gasteiger partial charge in [0.15, 0.2) is 6.19 Å². The van der Waals surface area contributed by atoms with Crippen molar-refractivity contribution in [3.8, 4) is 6.19 Å². The number of methoxy groups -OCH3 is 1. The van der Waals surface area contributed by atoms with Crippen LogP contribution >= 0.6 is 0 Å². The summed E-state index contributed by atoms with van der Waals surface area (Å²) in [4.78, 5) is 0. The van der Waals surface area contributed by atoms with Crippen LogP contribution in [-0.2, 0) is 4.74 Å². The molecule has 0 fully saturated rings. The largest absolute Gasteiger partial charge is 0.385 e. The summed E-state index contributed by atoms with van der Waals surface area (Å²) in [5.41, 5.74) is 0. The van der Waals surface area contributed by atoms with E-state index in [0.717, 1.165) is 6.42 Å². The van der Waals surface area contributed by atoms with E-state index in [1.54, 1.807) is 7.11 Å². The molecule has 0 aliphatic heterocycles. The molecule has 0 aromatic heterocycles. The molecule has 1 N–H and O–H groups in total. The van der Waals surface area contributed by atoms with Crippen LogP contribution in [0.2, 0.25) is 0 Å². The molecule has 46 valence electrons. The van der Waals surface area contributed by atoms with Gasteiger partial charge in [0.1, 0.15) is 0 Å². The highest BCUT2D eigenvalue weighted by atomic mass is 16.5. The fourth-order valence-electron chi connectivity index (χ4n) is 0.361. The lowest BCUT2D eigenvalue weighted by molar-refractivity contribution is 0.195. The Balaban J connectivity index is 2.65. The van der Waals surface area contributed by atoms with E-state index >= 15 is 0 Å². The molecule has 0 aliphatic carbocycles. The molecule has 0 amide bonds. The Morgan fingerprint density at radius 2 is 2.50 bits per heavy atom. The fourth-order valence-corrected chi connectivity index (χ4v) is 0.361. The van der Waals surface area contributed by atoms with Crippen LogP contribution in [0, 0.1) is 11.5 Å². The number of nitrogens with one attached hydrogen (secondary N) is 1. The maximum absolute atomic E-state index is 7.96. The normalized spacial score (nSPS) is 8.00. The SMILES string of the molecule is COCCCNC#N. The highest BCUT2D eigenvalue weighted by Gasteiger charge is 1.80. The Morgan fingerprint density at radius 3 is 3.00 bits per heavy atom. The molecular formula is C5H10N2O. The van der Waals surface area contributed by atoms with Gasteiger partial charge in [0.05, 0.1) is 0 Å². The minimum absolute atomic E-state index is 0.713. The van der Waals surface area contributed by atoms with Crippen molar-refractivity contribution < 1.29 is 4.74 Å². The summed E-state index contributed by atoms with van der Waals surface area (Å²) >= 11 is 0. The van der Waals surface area contributed by atoms with Crippen LogP contribution in [0.15, 0.2) is 0 Å². The van der Waals surface area contributed by atoms with Gasteiger partial charge in [0, 0.05) is 20.3 Å². The van der Waals surface area contributed by atoms with Crippen LogP contribution in [-0.4, -0.2) is 20.3 Å². The second-order valence-electron chi connectivity index (χ2n) is 1.38. The van der Waals surface area contributed by atoms with Crippen LogP contribution in [0.4, 0.5) is 0 Å². The van der Waals surface area contributed by atoms with Crippen molar-refractivity contribution in [3.63, 3.8) is 0 Å². The number of hydrogen-bond donors (Lipinski definition) is 1. The van der Waals surface area contributed by atoms with Gasteiger partial charge in [-0.2, -0.15) is 5.26 Å². The lowest BCUT2D eigenvalue weighted by atomic mass is 10.5.